The number of aryl methyl sites for hydroxylation is 1. The molecule has 0 radical (unpaired) electrons. The van der Waals surface area contributed by atoms with Gasteiger partial charge in [-0.2, -0.15) is 0 Å². The minimum Gasteiger partial charge on any atom is -0.493 e. The van der Waals surface area contributed by atoms with Crippen molar-refractivity contribution in [2.75, 3.05) is 13.7 Å². The van der Waals surface area contributed by atoms with Crippen LogP contribution < -0.4 is 15.0 Å². The third-order valence-corrected chi connectivity index (χ3v) is 5.75. The van der Waals surface area contributed by atoms with E-state index in [0.29, 0.717) is 24.5 Å². The molecule has 144 valence electrons. The van der Waals surface area contributed by atoms with E-state index in [-0.39, 0.29) is 5.56 Å². The fourth-order valence-electron chi connectivity index (χ4n) is 4.51. The molecule has 3 heterocycles. The second-order valence-corrected chi connectivity index (χ2v) is 7.46. The average molecular weight is 369 g/mol. The van der Waals surface area contributed by atoms with Crippen molar-refractivity contribution in [3.05, 3.63) is 51.2 Å². The first-order valence-corrected chi connectivity index (χ1v) is 9.73. The molecule has 4 rings (SSSR count). The Morgan fingerprint density at radius 1 is 1.22 bits per heavy atom. The van der Waals surface area contributed by atoms with E-state index in [2.05, 4.69) is 27.0 Å². The number of methoxy groups -OCH3 is 1. The summed E-state index contributed by atoms with van der Waals surface area (Å²) in [7, 11) is 1.67. The predicted molar refractivity (Wildman–Crippen MR) is 104 cm³/mol. The van der Waals surface area contributed by atoms with E-state index in [1.807, 2.05) is 19.9 Å². The maximum atomic E-state index is 12.4. The molecule has 2 atom stereocenters. The smallest absolute Gasteiger partial charge is 0.254 e. The Balaban J connectivity index is 1.59. The van der Waals surface area contributed by atoms with Crippen molar-refractivity contribution in [1.29, 1.82) is 0 Å². The first-order valence-electron chi connectivity index (χ1n) is 9.73. The SMILES string of the molecule is CCOc1ccc(CN2[C@@H]3CC[C@H]2Cc2c(nc(C)[nH]c2=O)C3)cc1OC. The van der Waals surface area contributed by atoms with Gasteiger partial charge in [0, 0.05) is 30.6 Å². The molecule has 6 nitrogen and oxygen atoms in total. The lowest BCUT2D eigenvalue weighted by Crippen LogP contribution is -2.36. The Labute approximate surface area is 159 Å². The van der Waals surface area contributed by atoms with Gasteiger partial charge in [-0.25, -0.2) is 4.98 Å². The highest BCUT2D eigenvalue weighted by molar-refractivity contribution is 5.43. The van der Waals surface area contributed by atoms with Gasteiger partial charge in [0.15, 0.2) is 11.5 Å². The number of nitrogens with zero attached hydrogens (tertiary/aromatic N) is 2. The molecule has 0 saturated carbocycles. The lowest BCUT2D eigenvalue weighted by atomic mass is 9.98. The van der Waals surface area contributed by atoms with E-state index >= 15 is 0 Å². The van der Waals surface area contributed by atoms with E-state index in [4.69, 9.17) is 9.47 Å². The standard InChI is InChI=1S/C21H27N3O3/c1-4-27-19-8-5-14(9-20(19)26-3)12-24-15-6-7-16(24)11-18-17(10-15)21(25)23-13(2)22-18/h5,8-9,15-16H,4,6-7,10-12H2,1-3H3,(H,22,23,25)/t15-,16+/m0/s1. The van der Waals surface area contributed by atoms with Crippen molar-refractivity contribution in [2.45, 2.75) is 58.2 Å². The van der Waals surface area contributed by atoms with Gasteiger partial charge in [0.25, 0.3) is 5.56 Å². The summed E-state index contributed by atoms with van der Waals surface area (Å²) in [6.45, 7) is 5.29. The molecule has 0 unspecified atom stereocenters. The molecule has 0 aliphatic carbocycles. The van der Waals surface area contributed by atoms with Crippen LogP contribution in [0.25, 0.3) is 0 Å². The number of H-pyrrole nitrogens is 1. The normalized spacial score (nSPS) is 21.6. The number of hydrogen-bond donors (Lipinski definition) is 1. The minimum atomic E-state index is 0.0349. The molecule has 2 bridgehead atoms. The summed E-state index contributed by atoms with van der Waals surface area (Å²) in [5.41, 5.74) is 3.10. The lowest BCUT2D eigenvalue weighted by molar-refractivity contribution is 0.187. The third kappa shape index (κ3) is 3.46. The van der Waals surface area contributed by atoms with Gasteiger partial charge in [-0.1, -0.05) is 6.07 Å². The molecule has 0 spiro atoms. The molecule has 1 N–H and O–H groups in total. The van der Waals surface area contributed by atoms with Crippen LogP contribution in [0.5, 0.6) is 11.5 Å². The molecule has 2 aliphatic heterocycles. The summed E-state index contributed by atoms with van der Waals surface area (Å²) in [5.74, 6) is 2.26. The van der Waals surface area contributed by atoms with Gasteiger partial charge in [0.05, 0.1) is 19.4 Å². The second-order valence-electron chi connectivity index (χ2n) is 7.46. The van der Waals surface area contributed by atoms with E-state index in [1.54, 1.807) is 7.11 Å². The monoisotopic (exact) mass is 369 g/mol. The summed E-state index contributed by atoms with van der Waals surface area (Å²) in [5, 5.41) is 0. The van der Waals surface area contributed by atoms with E-state index in [9.17, 15) is 4.79 Å². The second kappa shape index (κ2) is 7.35. The zero-order valence-electron chi connectivity index (χ0n) is 16.2. The zero-order valence-corrected chi connectivity index (χ0v) is 16.2. The maximum absolute atomic E-state index is 12.4. The number of aromatic amines is 1. The van der Waals surface area contributed by atoms with Gasteiger partial charge in [-0.05, 0) is 50.8 Å². The van der Waals surface area contributed by atoms with Gasteiger partial charge in [-0.3, -0.25) is 9.69 Å². The van der Waals surface area contributed by atoms with Gasteiger partial charge >= 0.3 is 0 Å². The van der Waals surface area contributed by atoms with Crippen LogP contribution in [-0.4, -0.2) is 40.7 Å². The van der Waals surface area contributed by atoms with Crippen molar-refractivity contribution >= 4 is 0 Å². The van der Waals surface area contributed by atoms with Gasteiger partial charge in [0.2, 0.25) is 0 Å². The number of hydrogen-bond acceptors (Lipinski definition) is 5. The minimum absolute atomic E-state index is 0.0349. The molecule has 0 amide bonds. The van der Waals surface area contributed by atoms with Gasteiger partial charge in [-0.15, -0.1) is 0 Å². The topological polar surface area (TPSA) is 67.5 Å². The van der Waals surface area contributed by atoms with Crippen LogP contribution in [0, 0.1) is 6.92 Å². The summed E-state index contributed by atoms with van der Waals surface area (Å²) >= 11 is 0. The highest BCUT2D eigenvalue weighted by Gasteiger charge is 2.38. The molecule has 27 heavy (non-hydrogen) atoms. The summed E-state index contributed by atoms with van der Waals surface area (Å²) in [6, 6.07) is 6.99. The molecule has 2 aromatic rings. The number of fused-ring (bicyclic) bond motifs is 3. The Hall–Kier alpha value is -2.34. The van der Waals surface area contributed by atoms with E-state index < -0.39 is 0 Å². The lowest BCUT2D eigenvalue weighted by Gasteiger charge is -2.28. The van der Waals surface area contributed by atoms with Crippen LogP contribution in [0.15, 0.2) is 23.0 Å². The van der Waals surface area contributed by atoms with Crippen molar-refractivity contribution < 1.29 is 9.47 Å². The van der Waals surface area contributed by atoms with Crippen LogP contribution in [0.4, 0.5) is 0 Å². The van der Waals surface area contributed by atoms with Crippen LogP contribution in [0.1, 0.15) is 42.4 Å². The quantitative estimate of drug-likeness (QED) is 0.878. The number of ether oxygens (including phenoxy) is 2. The Morgan fingerprint density at radius 2 is 2.00 bits per heavy atom. The highest BCUT2D eigenvalue weighted by atomic mass is 16.5. The number of rotatable bonds is 5. The van der Waals surface area contributed by atoms with Crippen molar-refractivity contribution in [3.63, 3.8) is 0 Å². The van der Waals surface area contributed by atoms with E-state index in [0.717, 1.165) is 55.0 Å². The van der Waals surface area contributed by atoms with Gasteiger partial charge in [0.1, 0.15) is 5.82 Å². The Bertz CT molecular complexity index is 893. The summed E-state index contributed by atoms with van der Waals surface area (Å²) in [4.78, 5) is 22.5. The van der Waals surface area contributed by atoms with E-state index in [1.165, 1.54) is 5.56 Å². The van der Waals surface area contributed by atoms with Crippen LogP contribution >= 0.6 is 0 Å². The predicted octanol–water partition coefficient (Wildman–Crippen LogP) is 2.62. The molecule has 1 fully saturated rings. The largest absolute Gasteiger partial charge is 0.493 e. The van der Waals surface area contributed by atoms with Crippen molar-refractivity contribution in [3.8, 4) is 11.5 Å². The summed E-state index contributed by atoms with van der Waals surface area (Å²) in [6.07, 6.45) is 3.92. The van der Waals surface area contributed by atoms with Crippen LogP contribution in [0.2, 0.25) is 0 Å². The molecular formula is C21H27N3O3. The molecule has 1 aromatic carbocycles. The average Bonchev–Trinajstić information content (AvgIpc) is 2.92. The molecule has 1 saturated heterocycles. The van der Waals surface area contributed by atoms with Crippen LogP contribution in [-0.2, 0) is 19.4 Å². The van der Waals surface area contributed by atoms with Crippen molar-refractivity contribution in [2.24, 2.45) is 0 Å². The number of nitrogens with one attached hydrogen (secondary N) is 1. The van der Waals surface area contributed by atoms with Crippen molar-refractivity contribution in [1.82, 2.24) is 14.9 Å². The Kier molecular flexibility index (Phi) is 4.91. The molecule has 1 aromatic heterocycles. The molecule has 2 aliphatic rings. The first kappa shape index (κ1) is 18.0. The third-order valence-electron chi connectivity index (χ3n) is 5.75. The van der Waals surface area contributed by atoms with Crippen LogP contribution in [0.3, 0.4) is 0 Å². The zero-order chi connectivity index (χ0) is 19.0. The fourth-order valence-corrected chi connectivity index (χ4v) is 4.51. The first-order chi connectivity index (χ1) is 13.1. The number of benzene rings is 1. The Morgan fingerprint density at radius 3 is 2.74 bits per heavy atom. The molecule has 6 heteroatoms. The highest BCUT2D eigenvalue weighted by Crippen LogP contribution is 2.35. The summed E-state index contributed by atoms with van der Waals surface area (Å²) < 4.78 is 11.1. The maximum Gasteiger partial charge on any atom is 0.254 e. The fraction of sp³-hybridized carbons (Fsp3) is 0.524. The van der Waals surface area contributed by atoms with Gasteiger partial charge < -0.3 is 14.5 Å². The number of aromatic nitrogens is 2. The molecular weight excluding hydrogens is 342 g/mol.